The zero-order valence-electron chi connectivity index (χ0n) is 12.9. The molecule has 2 fully saturated rings. The van der Waals surface area contributed by atoms with Gasteiger partial charge in [0.15, 0.2) is 0 Å². The van der Waals surface area contributed by atoms with Crippen molar-refractivity contribution in [3.63, 3.8) is 0 Å². The molecular formula is C15H20O8. The largest absolute Gasteiger partial charge is 0.481 e. The second kappa shape index (κ2) is 5.21. The van der Waals surface area contributed by atoms with Crippen molar-refractivity contribution in [1.29, 1.82) is 0 Å². The van der Waals surface area contributed by atoms with Gasteiger partial charge in [0, 0.05) is 0 Å². The average Bonchev–Trinajstić information content (AvgIpc) is 2.41. The van der Waals surface area contributed by atoms with E-state index < -0.39 is 58.4 Å². The molecule has 0 bridgehead atoms. The summed E-state index contributed by atoms with van der Waals surface area (Å²) >= 11 is 0. The van der Waals surface area contributed by atoms with E-state index in [9.17, 15) is 39.6 Å². The Bertz CT molecular complexity index is 584. The summed E-state index contributed by atoms with van der Waals surface area (Å²) < 4.78 is 0. The zero-order chi connectivity index (χ0) is 17.7. The Morgan fingerprint density at radius 1 is 0.957 bits per heavy atom. The van der Waals surface area contributed by atoms with Gasteiger partial charge in [0.25, 0.3) is 0 Å². The molecule has 23 heavy (non-hydrogen) atoms. The van der Waals surface area contributed by atoms with Gasteiger partial charge >= 0.3 is 23.9 Å². The third-order valence-corrected chi connectivity index (χ3v) is 6.25. The van der Waals surface area contributed by atoms with Gasteiger partial charge in [0.05, 0.1) is 23.2 Å². The van der Waals surface area contributed by atoms with Crippen LogP contribution in [0, 0.1) is 34.5 Å². The van der Waals surface area contributed by atoms with Crippen LogP contribution in [0.2, 0.25) is 0 Å². The molecule has 6 atom stereocenters. The SMILES string of the molecule is CCC1(C(=O)O)C(C(=O)O)C2CC(C(=O)O)C(C(=O)O)CC21C. The molecule has 0 amide bonds. The number of carbonyl (C=O) groups is 4. The van der Waals surface area contributed by atoms with E-state index in [1.54, 1.807) is 13.8 Å². The summed E-state index contributed by atoms with van der Waals surface area (Å²) in [5, 5.41) is 37.7. The highest BCUT2D eigenvalue weighted by Crippen LogP contribution is 2.72. The van der Waals surface area contributed by atoms with Gasteiger partial charge in [-0.1, -0.05) is 13.8 Å². The lowest BCUT2D eigenvalue weighted by Gasteiger charge is -2.67. The van der Waals surface area contributed by atoms with E-state index in [4.69, 9.17) is 0 Å². The molecule has 0 aromatic rings. The van der Waals surface area contributed by atoms with Crippen molar-refractivity contribution in [1.82, 2.24) is 0 Å². The molecule has 8 nitrogen and oxygen atoms in total. The van der Waals surface area contributed by atoms with Crippen LogP contribution in [0.3, 0.4) is 0 Å². The average molecular weight is 328 g/mol. The Kier molecular flexibility index (Phi) is 3.90. The minimum absolute atomic E-state index is 0.0520. The maximum Gasteiger partial charge on any atom is 0.311 e. The molecule has 0 spiro atoms. The zero-order valence-corrected chi connectivity index (χ0v) is 12.9. The normalized spacial score (nSPS) is 42.2. The molecular weight excluding hydrogens is 308 g/mol. The van der Waals surface area contributed by atoms with Gasteiger partial charge in [-0.3, -0.25) is 19.2 Å². The summed E-state index contributed by atoms with van der Waals surface area (Å²) in [7, 11) is 0. The molecule has 128 valence electrons. The third kappa shape index (κ3) is 1.96. The molecule has 2 saturated carbocycles. The van der Waals surface area contributed by atoms with Crippen LogP contribution in [0.5, 0.6) is 0 Å². The van der Waals surface area contributed by atoms with E-state index in [-0.39, 0.29) is 19.3 Å². The Balaban J connectivity index is 2.53. The maximum absolute atomic E-state index is 11.9. The summed E-state index contributed by atoms with van der Waals surface area (Å²) in [6, 6.07) is 0. The molecule has 2 aliphatic rings. The Morgan fingerprint density at radius 2 is 1.48 bits per heavy atom. The summed E-state index contributed by atoms with van der Waals surface area (Å²) in [4.78, 5) is 46.3. The van der Waals surface area contributed by atoms with Crippen LogP contribution < -0.4 is 0 Å². The van der Waals surface area contributed by atoms with E-state index in [1.807, 2.05) is 0 Å². The quantitative estimate of drug-likeness (QED) is 0.584. The van der Waals surface area contributed by atoms with E-state index in [2.05, 4.69) is 0 Å². The first-order valence-electron chi connectivity index (χ1n) is 7.46. The minimum atomic E-state index is -1.57. The molecule has 0 aromatic heterocycles. The number of fused-ring (bicyclic) bond motifs is 1. The summed E-state index contributed by atoms with van der Waals surface area (Å²) in [5.41, 5.74) is -2.62. The van der Waals surface area contributed by atoms with Gasteiger partial charge in [-0.25, -0.2) is 0 Å². The van der Waals surface area contributed by atoms with Crippen LogP contribution in [0.15, 0.2) is 0 Å². The number of carboxylic acids is 4. The summed E-state index contributed by atoms with van der Waals surface area (Å²) in [6.07, 6.45) is -0.223. The first-order chi connectivity index (χ1) is 10.5. The molecule has 0 aromatic carbocycles. The molecule has 0 heterocycles. The van der Waals surface area contributed by atoms with Crippen LogP contribution in [0.1, 0.15) is 33.1 Å². The van der Waals surface area contributed by atoms with Gasteiger partial charge in [-0.15, -0.1) is 0 Å². The fourth-order valence-electron chi connectivity index (χ4n) is 5.14. The smallest absolute Gasteiger partial charge is 0.311 e. The van der Waals surface area contributed by atoms with Crippen molar-refractivity contribution in [2.24, 2.45) is 34.5 Å². The second-order valence-corrected chi connectivity index (χ2v) is 6.80. The van der Waals surface area contributed by atoms with Crippen molar-refractivity contribution in [3.8, 4) is 0 Å². The highest BCUT2D eigenvalue weighted by atomic mass is 16.4. The number of aliphatic carboxylic acids is 4. The fourth-order valence-corrected chi connectivity index (χ4v) is 5.14. The van der Waals surface area contributed by atoms with E-state index in [1.165, 1.54) is 0 Å². The molecule has 2 aliphatic carbocycles. The van der Waals surface area contributed by atoms with Crippen molar-refractivity contribution in [2.45, 2.75) is 33.1 Å². The standard InChI is InChI=1S/C15H20O8/c1-3-15(13(22)23)9(12(20)21)8-4-6(10(16)17)7(11(18)19)5-14(8,15)2/h6-9H,3-5H2,1-2H3,(H,16,17)(H,18,19)(H,20,21)(H,22,23). The van der Waals surface area contributed by atoms with Crippen LogP contribution in [-0.4, -0.2) is 44.3 Å². The lowest BCUT2D eigenvalue weighted by Crippen LogP contribution is -2.72. The van der Waals surface area contributed by atoms with E-state index >= 15 is 0 Å². The first kappa shape index (κ1) is 17.2. The molecule has 6 unspecified atom stereocenters. The third-order valence-electron chi connectivity index (χ3n) is 6.25. The van der Waals surface area contributed by atoms with Crippen LogP contribution in [-0.2, 0) is 19.2 Å². The highest BCUT2D eigenvalue weighted by molar-refractivity contribution is 5.89. The number of hydrogen-bond donors (Lipinski definition) is 4. The maximum atomic E-state index is 11.9. The Labute approximate surface area is 132 Å². The van der Waals surface area contributed by atoms with Crippen molar-refractivity contribution in [3.05, 3.63) is 0 Å². The first-order valence-corrected chi connectivity index (χ1v) is 7.46. The highest BCUT2D eigenvalue weighted by Gasteiger charge is 2.77. The van der Waals surface area contributed by atoms with Crippen LogP contribution in [0.25, 0.3) is 0 Å². The van der Waals surface area contributed by atoms with Gasteiger partial charge in [-0.05, 0) is 30.6 Å². The Hall–Kier alpha value is -2.12. The summed E-state index contributed by atoms with van der Waals surface area (Å²) in [6.45, 7) is 3.16. The van der Waals surface area contributed by atoms with E-state index in [0.29, 0.717) is 0 Å². The van der Waals surface area contributed by atoms with Crippen molar-refractivity contribution in [2.75, 3.05) is 0 Å². The van der Waals surface area contributed by atoms with Crippen molar-refractivity contribution < 1.29 is 39.6 Å². The lowest BCUT2D eigenvalue weighted by atomic mass is 9.33. The van der Waals surface area contributed by atoms with Gasteiger partial charge in [-0.2, -0.15) is 0 Å². The molecule has 0 saturated heterocycles. The Morgan fingerprint density at radius 3 is 1.83 bits per heavy atom. The monoisotopic (exact) mass is 328 g/mol. The van der Waals surface area contributed by atoms with Crippen LogP contribution in [0.4, 0.5) is 0 Å². The summed E-state index contributed by atoms with van der Waals surface area (Å²) in [5.74, 6) is -9.37. The lowest BCUT2D eigenvalue weighted by molar-refractivity contribution is -0.250. The predicted octanol–water partition coefficient (Wildman–Crippen LogP) is 1.000. The second-order valence-electron chi connectivity index (χ2n) is 6.80. The van der Waals surface area contributed by atoms with Crippen LogP contribution >= 0.6 is 0 Å². The van der Waals surface area contributed by atoms with Gasteiger partial charge in [0.2, 0.25) is 0 Å². The number of rotatable bonds is 5. The molecule has 0 aliphatic heterocycles. The molecule has 2 rings (SSSR count). The van der Waals surface area contributed by atoms with Gasteiger partial charge in [0.1, 0.15) is 0 Å². The van der Waals surface area contributed by atoms with Gasteiger partial charge < -0.3 is 20.4 Å². The van der Waals surface area contributed by atoms with E-state index in [0.717, 1.165) is 0 Å². The van der Waals surface area contributed by atoms with Crippen molar-refractivity contribution >= 4 is 23.9 Å². The minimum Gasteiger partial charge on any atom is -0.481 e. The molecule has 0 radical (unpaired) electrons. The predicted molar refractivity (Wildman–Crippen MR) is 74.6 cm³/mol. The molecule has 8 heteroatoms. The fraction of sp³-hybridized carbons (Fsp3) is 0.733. The topological polar surface area (TPSA) is 149 Å². The number of carboxylic acid groups (broad SMARTS) is 4. The molecule has 4 N–H and O–H groups in total. The number of hydrogen-bond acceptors (Lipinski definition) is 4.